The molecular weight excluding hydrogens is 342 g/mol. The number of nitrogens with zero attached hydrogens (tertiary/aromatic N) is 2. The van der Waals surface area contributed by atoms with Crippen LogP contribution in [0, 0.1) is 0 Å². The van der Waals surface area contributed by atoms with E-state index in [9.17, 15) is 9.59 Å². The van der Waals surface area contributed by atoms with Crippen LogP contribution in [-0.4, -0.2) is 53.0 Å². The van der Waals surface area contributed by atoms with Gasteiger partial charge >= 0.3 is 6.09 Å². The first kappa shape index (κ1) is 17.1. The Morgan fingerprint density at radius 2 is 1.56 bits per heavy atom. The fraction of sp³-hybridized carbons (Fsp3) is 0.238. The second-order valence-corrected chi connectivity index (χ2v) is 6.59. The van der Waals surface area contributed by atoms with E-state index >= 15 is 0 Å². The van der Waals surface area contributed by atoms with Crippen LogP contribution < -0.4 is 0 Å². The molecular formula is C21H21N3O3. The van der Waals surface area contributed by atoms with Crippen LogP contribution in [0.5, 0.6) is 0 Å². The Labute approximate surface area is 157 Å². The summed E-state index contributed by atoms with van der Waals surface area (Å²) in [6.07, 6.45) is -0.337. The van der Waals surface area contributed by atoms with Gasteiger partial charge in [-0.05, 0) is 17.7 Å². The number of fused-ring (bicyclic) bond motifs is 1. The van der Waals surface area contributed by atoms with Crippen molar-refractivity contribution in [2.75, 3.05) is 26.2 Å². The van der Waals surface area contributed by atoms with Crippen molar-refractivity contribution in [2.45, 2.75) is 6.61 Å². The fourth-order valence-corrected chi connectivity index (χ4v) is 3.26. The molecule has 1 aliphatic rings. The molecule has 1 N–H and O–H groups in total. The van der Waals surface area contributed by atoms with Gasteiger partial charge in [-0.1, -0.05) is 48.5 Å². The number of carbonyl (C=O) groups excluding carboxylic acids is 2. The van der Waals surface area contributed by atoms with Gasteiger partial charge in [0, 0.05) is 37.1 Å². The van der Waals surface area contributed by atoms with Crippen LogP contribution in [-0.2, 0) is 11.3 Å². The molecule has 4 rings (SSSR count). The van der Waals surface area contributed by atoms with Gasteiger partial charge < -0.3 is 19.5 Å². The molecule has 6 heteroatoms. The lowest BCUT2D eigenvalue weighted by Gasteiger charge is -2.33. The molecule has 1 saturated heterocycles. The summed E-state index contributed by atoms with van der Waals surface area (Å²) in [6.45, 7) is 2.19. The van der Waals surface area contributed by atoms with E-state index in [0.29, 0.717) is 31.9 Å². The third-order valence-corrected chi connectivity index (χ3v) is 4.79. The smallest absolute Gasteiger partial charge is 0.410 e. The van der Waals surface area contributed by atoms with Crippen LogP contribution in [0.25, 0.3) is 10.9 Å². The summed E-state index contributed by atoms with van der Waals surface area (Å²) >= 11 is 0. The second kappa shape index (κ2) is 7.53. The topological polar surface area (TPSA) is 65.6 Å². The Balaban J connectivity index is 1.31. The molecule has 0 saturated carbocycles. The molecule has 3 aromatic rings. The van der Waals surface area contributed by atoms with Crippen LogP contribution in [0.3, 0.4) is 0 Å². The molecule has 0 spiro atoms. The molecule has 2 amide bonds. The zero-order chi connectivity index (χ0) is 18.6. The molecule has 1 aromatic heterocycles. The minimum Gasteiger partial charge on any atom is -0.445 e. The summed E-state index contributed by atoms with van der Waals surface area (Å²) < 4.78 is 5.37. The highest BCUT2D eigenvalue weighted by Gasteiger charge is 2.26. The number of benzene rings is 2. The van der Waals surface area contributed by atoms with Crippen LogP contribution >= 0.6 is 0 Å². The van der Waals surface area contributed by atoms with Crippen LogP contribution in [0.2, 0.25) is 0 Å². The Kier molecular flexibility index (Phi) is 4.78. The van der Waals surface area contributed by atoms with Crippen molar-refractivity contribution >= 4 is 22.9 Å². The summed E-state index contributed by atoms with van der Waals surface area (Å²) in [5.74, 6) is -0.0384. The summed E-state index contributed by atoms with van der Waals surface area (Å²) in [5, 5.41) is 1.02. The molecule has 0 atom stereocenters. The number of piperazine rings is 1. The van der Waals surface area contributed by atoms with E-state index in [2.05, 4.69) is 4.98 Å². The van der Waals surface area contributed by atoms with Crippen molar-refractivity contribution in [3.05, 3.63) is 71.9 Å². The molecule has 0 aliphatic carbocycles. The van der Waals surface area contributed by atoms with E-state index in [-0.39, 0.29) is 18.6 Å². The Morgan fingerprint density at radius 1 is 0.889 bits per heavy atom. The average Bonchev–Trinajstić information content (AvgIpc) is 3.16. The number of carbonyl (C=O) groups is 2. The largest absolute Gasteiger partial charge is 0.445 e. The number of ether oxygens (including phenoxy) is 1. The van der Waals surface area contributed by atoms with Gasteiger partial charge in [0.1, 0.15) is 12.3 Å². The molecule has 6 nitrogen and oxygen atoms in total. The second-order valence-electron chi connectivity index (χ2n) is 6.59. The first-order valence-corrected chi connectivity index (χ1v) is 9.03. The monoisotopic (exact) mass is 363 g/mol. The Morgan fingerprint density at radius 3 is 2.30 bits per heavy atom. The average molecular weight is 363 g/mol. The lowest BCUT2D eigenvalue weighted by molar-refractivity contribution is 0.0540. The van der Waals surface area contributed by atoms with Crippen molar-refractivity contribution < 1.29 is 14.3 Å². The fourth-order valence-electron chi connectivity index (χ4n) is 3.26. The van der Waals surface area contributed by atoms with E-state index in [1.807, 2.05) is 60.7 Å². The number of hydrogen-bond donors (Lipinski definition) is 1. The normalized spacial score (nSPS) is 14.4. The van der Waals surface area contributed by atoms with Gasteiger partial charge in [-0.15, -0.1) is 0 Å². The van der Waals surface area contributed by atoms with Crippen molar-refractivity contribution in [3.8, 4) is 0 Å². The lowest BCUT2D eigenvalue weighted by Crippen LogP contribution is -2.50. The number of hydrogen-bond acceptors (Lipinski definition) is 3. The van der Waals surface area contributed by atoms with Crippen molar-refractivity contribution in [1.82, 2.24) is 14.8 Å². The number of aromatic nitrogens is 1. The van der Waals surface area contributed by atoms with Crippen molar-refractivity contribution in [3.63, 3.8) is 0 Å². The third-order valence-electron chi connectivity index (χ3n) is 4.79. The van der Waals surface area contributed by atoms with Gasteiger partial charge in [0.2, 0.25) is 0 Å². The molecule has 2 aromatic carbocycles. The number of amides is 2. The zero-order valence-corrected chi connectivity index (χ0v) is 14.9. The molecule has 0 radical (unpaired) electrons. The molecule has 27 heavy (non-hydrogen) atoms. The first-order chi connectivity index (χ1) is 13.2. The van der Waals surface area contributed by atoms with Gasteiger partial charge in [0.25, 0.3) is 5.91 Å². The number of H-pyrrole nitrogens is 1. The number of rotatable bonds is 3. The summed E-state index contributed by atoms with van der Waals surface area (Å²) in [5.41, 5.74) is 2.48. The highest BCUT2D eigenvalue weighted by molar-refractivity contribution is 5.98. The summed E-state index contributed by atoms with van der Waals surface area (Å²) in [7, 11) is 0. The number of nitrogens with one attached hydrogen (secondary N) is 1. The van der Waals surface area contributed by atoms with Gasteiger partial charge in [-0.2, -0.15) is 0 Å². The quantitative estimate of drug-likeness (QED) is 0.777. The van der Waals surface area contributed by atoms with E-state index < -0.39 is 0 Å². The Bertz CT molecular complexity index is 910. The van der Waals surface area contributed by atoms with Crippen molar-refractivity contribution in [2.24, 2.45) is 0 Å². The third kappa shape index (κ3) is 3.79. The van der Waals surface area contributed by atoms with Gasteiger partial charge in [0.15, 0.2) is 0 Å². The van der Waals surface area contributed by atoms with Crippen molar-refractivity contribution in [1.29, 1.82) is 0 Å². The number of aromatic amines is 1. The number of para-hydroxylation sites is 1. The highest BCUT2D eigenvalue weighted by atomic mass is 16.6. The van der Waals surface area contributed by atoms with Gasteiger partial charge in [-0.25, -0.2) is 4.79 Å². The maximum Gasteiger partial charge on any atom is 0.410 e. The van der Waals surface area contributed by atoms with E-state index in [1.54, 1.807) is 9.80 Å². The van der Waals surface area contributed by atoms with E-state index in [4.69, 9.17) is 4.74 Å². The first-order valence-electron chi connectivity index (χ1n) is 9.03. The maximum atomic E-state index is 12.7. The predicted molar refractivity (Wildman–Crippen MR) is 102 cm³/mol. The molecule has 0 bridgehead atoms. The molecule has 0 unspecified atom stereocenters. The summed E-state index contributed by atoms with van der Waals surface area (Å²) in [4.78, 5) is 31.5. The van der Waals surface area contributed by atoms with E-state index in [1.165, 1.54) is 0 Å². The molecule has 2 heterocycles. The van der Waals surface area contributed by atoms with Crippen LogP contribution in [0.15, 0.2) is 60.7 Å². The minimum absolute atomic E-state index is 0.0384. The SMILES string of the molecule is O=C(OCc1ccccc1)N1CCN(C(=O)c2cc3ccccc3[nH]2)CC1. The standard InChI is InChI=1S/C21H21N3O3/c25-20(19-14-17-8-4-5-9-18(17)22-19)23-10-12-24(13-11-23)21(26)27-15-16-6-2-1-3-7-16/h1-9,14,22H,10-13,15H2. The zero-order valence-electron chi connectivity index (χ0n) is 14.9. The van der Waals surface area contributed by atoms with Gasteiger partial charge in [-0.3, -0.25) is 4.79 Å². The molecule has 138 valence electrons. The molecule has 1 fully saturated rings. The van der Waals surface area contributed by atoms with E-state index in [0.717, 1.165) is 16.5 Å². The molecule has 1 aliphatic heterocycles. The summed E-state index contributed by atoms with van der Waals surface area (Å²) in [6, 6.07) is 19.3. The van der Waals surface area contributed by atoms with Crippen LogP contribution in [0.1, 0.15) is 16.1 Å². The predicted octanol–water partition coefficient (Wildman–Crippen LogP) is 3.26. The van der Waals surface area contributed by atoms with Crippen LogP contribution in [0.4, 0.5) is 4.79 Å². The lowest BCUT2D eigenvalue weighted by atomic mass is 10.2. The maximum absolute atomic E-state index is 12.7. The van der Waals surface area contributed by atoms with Gasteiger partial charge in [0.05, 0.1) is 0 Å². The minimum atomic E-state index is -0.337. The Hall–Kier alpha value is -3.28. The highest BCUT2D eigenvalue weighted by Crippen LogP contribution is 2.17.